The number of benzene rings is 3. The number of carbonyl (C=O) groups is 2. The Kier molecular flexibility index (Phi) is 6.79. The van der Waals surface area contributed by atoms with E-state index < -0.39 is 16.7 Å². The molecule has 0 aromatic heterocycles. The summed E-state index contributed by atoms with van der Waals surface area (Å²) in [6.07, 6.45) is 0. The topological polar surface area (TPSA) is 120 Å². The summed E-state index contributed by atoms with van der Waals surface area (Å²) >= 11 is 0. The summed E-state index contributed by atoms with van der Waals surface area (Å²) in [7, 11) is 1.55. The van der Waals surface area contributed by atoms with Crippen molar-refractivity contribution in [2.75, 3.05) is 24.4 Å². The van der Waals surface area contributed by atoms with Crippen LogP contribution >= 0.6 is 0 Å². The van der Waals surface area contributed by atoms with Gasteiger partial charge in [-0.3, -0.25) is 19.7 Å². The van der Waals surface area contributed by atoms with E-state index in [1.165, 1.54) is 24.3 Å². The highest BCUT2D eigenvalue weighted by atomic mass is 16.6. The van der Waals surface area contributed by atoms with Crippen LogP contribution in [-0.2, 0) is 4.79 Å². The van der Waals surface area contributed by atoms with Gasteiger partial charge >= 0.3 is 0 Å². The molecule has 0 radical (unpaired) electrons. The summed E-state index contributed by atoms with van der Waals surface area (Å²) in [6, 6.07) is 18.9. The quantitative estimate of drug-likeness (QED) is 0.421. The molecule has 0 atom stereocenters. The predicted molar refractivity (Wildman–Crippen MR) is 115 cm³/mol. The smallest absolute Gasteiger partial charge is 0.273 e. The molecule has 2 N–H and O–H groups in total. The minimum absolute atomic E-state index is 0.140. The third-order valence-corrected chi connectivity index (χ3v) is 4.19. The zero-order valence-corrected chi connectivity index (χ0v) is 16.5. The van der Waals surface area contributed by atoms with Crippen molar-refractivity contribution in [3.8, 4) is 11.5 Å². The van der Waals surface area contributed by atoms with Crippen LogP contribution in [0.2, 0.25) is 0 Å². The third kappa shape index (κ3) is 5.80. The van der Waals surface area contributed by atoms with Gasteiger partial charge in [0, 0.05) is 11.8 Å². The van der Waals surface area contributed by atoms with E-state index in [9.17, 15) is 19.7 Å². The molecular formula is C22H19N3O6. The number of anilines is 2. The fourth-order valence-electron chi connectivity index (χ4n) is 2.68. The fraction of sp³-hybridized carbons (Fsp3) is 0.0909. The summed E-state index contributed by atoms with van der Waals surface area (Å²) < 4.78 is 10.4. The number of carbonyl (C=O) groups excluding carboxylic acids is 2. The molecule has 9 heteroatoms. The Hall–Kier alpha value is -4.40. The molecule has 0 bridgehead atoms. The molecule has 0 saturated heterocycles. The highest BCUT2D eigenvalue weighted by Crippen LogP contribution is 2.21. The summed E-state index contributed by atoms with van der Waals surface area (Å²) in [5, 5.41) is 16.2. The number of rotatable bonds is 8. The van der Waals surface area contributed by atoms with E-state index in [1.54, 1.807) is 55.6 Å². The van der Waals surface area contributed by atoms with Gasteiger partial charge in [0.1, 0.15) is 11.5 Å². The van der Waals surface area contributed by atoms with Crippen molar-refractivity contribution in [2.45, 2.75) is 0 Å². The zero-order chi connectivity index (χ0) is 22.2. The number of hydrogen-bond acceptors (Lipinski definition) is 6. The Balaban J connectivity index is 1.64. The molecule has 0 aliphatic carbocycles. The van der Waals surface area contributed by atoms with Crippen LogP contribution in [0.5, 0.6) is 11.5 Å². The lowest BCUT2D eigenvalue weighted by molar-refractivity contribution is -0.384. The molecule has 9 nitrogen and oxygen atoms in total. The maximum Gasteiger partial charge on any atom is 0.273 e. The largest absolute Gasteiger partial charge is 0.497 e. The number of methoxy groups -OCH3 is 1. The Morgan fingerprint density at radius 2 is 1.68 bits per heavy atom. The molecular weight excluding hydrogens is 402 g/mol. The van der Waals surface area contributed by atoms with Gasteiger partial charge in [0.25, 0.3) is 17.5 Å². The molecule has 2 amide bonds. The van der Waals surface area contributed by atoms with Gasteiger partial charge in [0.2, 0.25) is 0 Å². The van der Waals surface area contributed by atoms with Crippen molar-refractivity contribution < 1.29 is 24.0 Å². The van der Waals surface area contributed by atoms with Gasteiger partial charge in [0.15, 0.2) is 6.61 Å². The minimum atomic E-state index is -0.551. The molecule has 0 heterocycles. The second-order valence-electron chi connectivity index (χ2n) is 6.32. The molecule has 0 spiro atoms. The Morgan fingerprint density at radius 1 is 0.935 bits per heavy atom. The average molecular weight is 421 g/mol. The van der Waals surface area contributed by atoms with Crippen LogP contribution in [0.25, 0.3) is 0 Å². The van der Waals surface area contributed by atoms with Crippen molar-refractivity contribution in [2.24, 2.45) is 0 Å². The van der Waals surface area contributed by atoms with Crippen LogP contribution in [0.3, 0.4) is 0 Å². The highest BCUT2D eigenvalue weighted by Gasteiger charge is 2.14. The standard InChI is InChI=1S/C22H19N3O6/c1-30-17-11-9-15(10-12-17)23-22(27)19-7-2-3-8-20(19)24-21(26)14-31-18-6-4-5-16(13-18)25(28)29/h2-13H,14H2,1H3,(H,23,27)(H,24,26). The van der Waals surface area contributed by atoms with Gasteiger partial charge in [-0.1, -0.05) is 18.2 Å². The van der Waals surface area contributed by atoms with Crippen LogP contribution in [0.4, 0.5) is 17.1 Å². The van der Waals surface area contributed by atoms with Gasteiger partial charge in [-0.15, -0.1) is 0 Å². The van der Waals surface area contributed by atoms with Gasteiger partial charge in [-0.05, 0) is 42.5 Å². The number of non-ortho nitro benzene ring substituents is 1. The zero-order valence-electron chi connectivity index (χ0n) is 16.5. The van der Waals surface area contributed by atoms with Gasteiger partial charge in [0.05, 0.1) is 29.4 Å². The summed E-state index contributed by atoms with van der Waals surface area (Å²) in [4.78, 5) is 35.2. The normalized spacial score (nSPS) is 10.1. The SMILES string of the molecule is COc1ccc(NC(=O)c2ccccc2NC(=O)COc2cccc([N+](=O)[O-])c2)cc1. The van der Waals surface area contributed by atoms with E-state index in [1.807, 2.05) is 0 Å². The minimum Gasteiger partial charge on any atom is -0.497 e. The lowest BCUT2D eigenvalue weighted by atomic mass is 10.1. The molecule has 0 fully saturated rings. The molecule has 0 aliphatic heterocycles. The van der Waals surface area contributed by atoms with E-state index in [0.29, 0.717) is 17.1 Å². The second-order valence-corrected chi connectivity index (χ2v) is 6.32. The summed E-state index contributed by atoms with van der Waals surface area (Å²) in [5.41, 5.74) is 1.00. The van der Waals surface area contributed by atoms with Gasteiger partial charge in [-0.2, -0.15) is 0 Å². The van der Waals surface area contributed by atoms with E-state index in [2.05, 4.69) is 10.6 Å². The Bertz CT molecular complexity index is 1100. The summed E-state index contributed by atoms with van der Waals surface area (Å²) in [6.45, 7) is -0.379. The first-order chi connectivity index (χ1) is 15.0. The van der Waals surface area contributed by atoms with E-state index in [0.717, 1.165) is 0 Å². The van der Waals surface area contributed by atoms with Crippen LogP contribution in [0.15, 0.2) is 72.8 Å². The van der Waals surface area contributed by atoms with Crippen molar-refractivity contribution in [1.82, 2.24) is 0 Å². The second kappa shape index (κ2) is 9.88. The Morgan fingerprint density at radius 3 is 2.39 bits per heavy atom. The first kappa shape index (κ1) is 21.3. The van der Waals surface area contributed by atoms with Crippen LogP contribution < -0.4 is 20.1 Å². The average Bonchev–Trinajstić information content (AvgIpc) is 2.78. The van der Waals surface area contributed by atoms with Gasteiger partial charge < -0.3 is 20.1 Å². The predicted octanol–water partition coefficient (Wildman–Crippen LogP) is 3.87. The molecule has 0 saturated carbocycles. The molecule has 158 valence electrons. The lowest BCUT2D eigenvalue weighted by Gasteiger charge is -2.12. The van der Waals surface area contributed by atoms with Crippen molar-refractivity contribution >= 4 is 28.9 Å². The highest BCUT2D eigenvalue weighted by molar-refractivity contribution is 6.10. The number of nitro groups is 1. The number of nitrogens with one attached hydrogen (secondary N) is 2. The van der Waals surface area contributed by atoms with Crippen molar-refractivity contribution in [3.05, 3.63) is 88.5 Å². The van der Waals surface area contributed by atoms with E-state index in [-0.39, 0.29) is 23.6 Å². The van der Waals surface area contributed by atoms with Crippen LogP contribution in [0, 0.1) is 10.1 Å². The monoisotopic (exact) mass is 421 g/mol. The van der Waals surface area contributed by atoms with Crippen molar-refractivity contribution in [1.29, 1.82) is 0 Å². The molecule has 0 aliphatic rings. The fourth-order valence-corrected chi connectivity index (χ4v) is 2.68. The molecule has 31 heavy (non-hydrogen) atoms. The number of nitro benzene ring substituents is 1. The maximum atomic E-state index is 12.7. The number of hydrogen-bond donors (Lipinski definition) is 2. The van der Waals surface area contributed by atoms with E-state index in [4.69, 9.17) is 9.47 Å². The lowest BCUT2D eigenvalue weighted by Crippen LogP contribution is -2.22. The third-order valence-electron chi connectivity index (χ3n) is 4.19. The summed E-state index contributed by atoms with van der Waals surface area (Å²) in [5.74, 6) is -0.0684. The van der Waals surface area contributed by atoms with Crippen molar-refractivity contribution in [3.63, 3.8) is 0 Å². The molecule has 3 aromatic carbocycles. The maximum absolute atomic E-state index is 12.7. The van der Waals surface area contributed by atoms with Crippen LogP contribution in [-0.4, -0.2) is 30.5 Å². The van der Waals surface area contributed by atoms with Crippen LogP contribution in [0.1, 0.15) is 10.4 Å². The Labute approximate surface area is 177 Å². The number of ether oxygens (including phenoxy) is 2. The molecule has 3 aromatic rings. The van der Waals surface area contributed by atoms with Gasteiger partial charge in [-0.25, -0.2) is 0 Å². The molecule has 0 unspecified atom stereocenters. The number of nitrogens with zero attached hydrogens (tertiary/aromatic N) is 1. The van der Waals surface area contributed by atoms with E-state index >= 15 is 0 Å². The first-order valence-corrected chi connectivity index (χ1v) is 9.18. The number of amides is 2. The molecule has 3 rings (SSSR count). The number of para-hydroxylation sites is 1. The first-order valence-electron chi connectivity index (χ1n) is 9.18.